The molecule has 140 valence electrons. The average molecular weight is 367 g/mol. The van der Waals surface area contributed by atoms with Gasteiger partial charge in [-0.25, -0.2) is 0 Å². The van der Waals surface area contributed by atoms with Crippen LogP contribution in [0.25, 0.3) is 0 Å². The predicted molar refractivity (Wildman–Crippen MR) is 103 cm³/mol. The smallest absolute Gasteiger partial charge is 0.252 e. The van der Waals surface area contributed by atoms with Crippen molar-refractivity contribution in [2.24, 2.45) is 5.73 Å². The monoisotopic (exact) mass is 366 g/mol. The lowest BCUT2D eigenvalue weighted by molar-refractivity contribution is -0.143. The van der Waals surface area contributed by atoms with Gasteiger partial charge in [0, 0.05) is 13.1 Å². The van der Waals surface area contributed by atoms with Crippen LogP contribution >= 0.6 is 12.4 Å². The Morgan fingerprint density at radius 2 is 1.88 bits per heavy atom. The number of likely N-dealkylation sites (tertiary alicyclic amines) is 1. The SMILES string of the molecule is CC(C)(C)c1ccc(C2CCCN2C(=O)[C@@H]2CC[C@H](CN)O2)cc1.Cl. The molecule has 0 bridgehead atoms. The van der Waals surface area contributed by atoms with Crippen LogP contribution in [0.15, 0.2) is 24.3 Å². The zero-order chi connectivity index (χ0) is 17.3. The summed E-state index contributed by atoms with van der Waals surface area (Å²) in [7, 11) is 0. The van der Waals surface area contributed by atoms with Gasteiger partial charge in [-0.3, -0.25) is 4.79 Å². The first-order valence-corrected chi connectivity index (χ1v) is 9.16. The van der Waals surface area contributed by atoms with Crippen molar-refractivity contribution in [3.63, 3.8) is 0 Å². The lowest BCUT2D eigenvalue weighted by Gasteiger charge is -2.28. The minimum Gasteiger partial charge on any atom is -0.364 e. The molecule has 2 fully saturated rings. The fraction of sp³-hybridized carbons (Fsp3) is 0.650. The number of hydrogen-bond acceptors (Lipinski definition) is 3. The van der Waals surface area contributed by atoms with Gasteiger partial charge in [0.15, 0.2) is 0 Å². The molecule has 2 saturated heterocycles. The molecule has 2 aliphatic rings. The molecular weight excluding hydrogens is 336 g/mol. The van der Waals surface area contributed by atoms with E-state index in [2.05, 4.69) is 45.0 Å². The fourth-order valence-corrected chi connectivity index (χ4v) is 3.83. The summed E-state index contributed by atoms with van der Waals surface area (Å²) >= 11 is 0. The number of carbonyl (C=O) groups excluding carboxylic acids is 1. The molecule has 1 aromatic rings. The normalized spacial score (nSPS) is 26.6. The van der Waals surface area contributed by atoms with Crippen molar-refractivity contribution in [1.82, 2.24) is 4.90 Å². The number of carbonyl (C=O) groups is 1. The highest BCUT2D eigenvalue weighted by Gasteiger charge is 2.38. The molecule has 1 unspecified atom stereocenters. The Kier molecular flexibility index (Phi) is 6.52. The second kappa shape index (κ2) is 8.07. The van der Waals surface area contributed by atoms with Gasteiger partial charge in [-0.2, -0.15) is 0 Å². The fourth-order valence-electron chi connectivity index (χ4n) is 3.83. The van der Waals surface area contributed by atoms with Gasteiger partial charge in [-0.05, 0) is 42.2 Å². The van der Waals surface area contributed by atoms with E-state index in [1.807, 2.05) is 4.90 Å². The van der Waals surface area contributed by atoms with Crippen LogP contribution in [0.2, 0.25) is 0 Å². The van der Waals surface area contributed by atoms with Crippen LogP contribution in [0, 0.1) is 0 Å². The number of amides is 1. The van der Waals surface area contributed by atoms with E-state index < -0.39 is 0 Å². The maximum atomic E-state index is 12.9. The van der Waals surface area contributed by atoms with Crippen molar-refractivity contribution in [3.8, 4) is 0 Å². The Morgan fingerprint density at radius 1 is 1.20 bits per heavy atom. The number of benzene rings is 1. The highest BCUT2D eigenvalue weighted by atomic mass is 35.5. The van der Waals surface area contributed by atoms with Crippen LogP contribution in [-0.4, -0.2) is 36.1 Å². The van der Waals surface area contributed by atoms with Gasteiger partial charge in [-0.1, -0.05) is 45.0 Å². The lowest BCUT2D eigenvalue weighted by atomic mass is 9.86. The van der Waals surface area contributed by atoms with Crippen molar-refractivity contribution >= 4 is 18.3 Å². The summed E-state index contributed by atoms with van der Waals surface area (Å²) in [6.45, 7) is 8.00. The molecule has 5 heteroatoms. The number of nitrogens with two attached hydrogens (primary N) is 1. The topological polar surface area (TPSA) is 55.6 Å². The van der Waals surface area contributed by atoms with Crippen LogP contribution in [0.1, 0.15) is 63.6 Å². The highest BCUT2D eigenvalue weighted by Crippen LogP contribution is 2.35. The van der Waals surface area contributed by atoms with E-state index in [9.17, 15) is 4.79 Å². The first-order valence-electron chi connectivity index (χ1n) is 9.16. The lowest BCUT2D eigenvalue weighted by Crippen LogP contribution is -2.39. The van der Waals surface area contributed by atoms with Gasteiger partial charge in [0.05, 0.1) is 12.1 Å². The van der Waals surface area contributed by atoms with E-state index in [1.54, 1.807) is 0 Å². The Bertz CT molecular complexity index is 582. The number of nitrogens with zero attached hydrogens (tertiary/aromatic N) is 1. The van der Waals surface area contributed by atoms with Gasteiger partial charge in [-0.15, -0.1) is 12.4 Å². The first-order chi connectivity index (χ1) is 11.4. The first kappa shape index (κ1) is 20.2. The molecule has 2 heterocycles. The highest BCUT2D eigenvalue weighted by molar-refractivity contribution is 5.85. The molecule has 2 aliphatic heterocycles. The average Bonchev–Trinajstić information content (AvgIpc) is 3.22. The van der Waals surface area contributed by atoms with Gasteiger partial charge in [0.25, 0.3) is 5.91 Å². The zero-order valence-corrected chi connectivity index (χ0v) is 16.3. The van der Waals surface area contributed by atoms with Crippen LogP contribution < -0.4 is 5.73 Å². The molecule has 0 saturated carbocycles. The van der Waals surface area contributed by atoms with Crippen molar-refractivity contribution in [2.45, 2.75) is 70.1 Å². The minimum absolute atomic E-state index is 0. The summed E-state index contributed by atoms with van der Waals surface area (Å²) in [5.74, 6) is 0.147. The molecule has 2 N–H and O–H groups in total. The van der Waals surface area contributed by atoms with Crippen LogP contribution in [0.5, 0.6) is 0 Å². The largest absolute Gasteiger partial charge is 0.364 e. The quantitative estimate of drug-likeness (QED) is 0.889. The second-order valence-electron chi connectivity index (χ2n) is 8.12. The standard InChI is InChI=1S/C20H30N2O2.ClH/c1-20(2,3)15-8-6-14(7-9-15)17-5-4-12-22(17)19(23)18-11-10-16(13-21)24-18;/h6-9,16-18H,4-5,10-13,21H2,1-3H3;1H/t16-,17?,18+;/m1./s1. The van der Waals surface area contributed by atoms with E-state index in [1.165, 1.54) is 11.1 Å². The maximum Gasteiger partial charge on any atom is 0.252 e. The summed E-state index contributed by atoms with van der Waals surface area (Å²) in [4.78, 5) is 14.9. The molecule has 4 nitrogen and oxygen atoms in total. The van der Waals surface area contributed by atoms with Crippen LogP contribution in [0.4, 0.5) is 0 Å². The number of ether oxygens (including phenoxy) is 1. The predicted octanol–water partition coefficient (Wildman–Crippen LogP) is 3.58. The van der Waals surface area contributed by atoms with Gasteiger partial charge < -0.3 is 15.4 Å². The molecule has 1 amide bonds. The number of hydrogen-bond donors (Lipinski definition) is 1. The van der Waals surface area contributed by atoms with E-state index in [-0.39, 0.29) is 42.0 Å². The third kappa shape index (κ3) is 4.36. The molecule has 3 atom stereocenters. The van der Waals surface area contributed by atoms with Crippen LogP contribution in [0.3, 0.4) is 0 Å². The molecule has 3 rings (SSSR count). The summed E-state index contributed by atoms with van der Waals surface area (Å²) in [5, 5.41) is 0. The van der Waals surface area contributed by atoms with Crippen molar-refractivity contribution in [1.29, 1.82) is 0 Å². The summed E-state index contributed by atoms with van der Waals surface area (Å²) in [5.41, 5.74) is 8.38. The molecule has 0 radical (unpaired) electrons. The number of rotatable bonds is 3. The van der Waals surface area contributed by atoms with Crippen molar-refractivity contribution in [2.75, 3.05) is 13.1 Å². The Balaban J connectivity index is 0.00000225. The molecule has 0 aromatic heterocycles. The summed E-state index contributed by atoms with van der Waals surface area (Å²) in [6.07, 6.45) is 3.54. The van der Waals surface area contributed by atoms with Crippen LogP contribution in [-0.2, 0) is 14.9 Å². The second-order valence-corrected chi connectivity index (χ2v) is 8.12. The Morgan fingerprint density at radius 3 is 2.44 bits per heavy atom. The molecule has 25 heavy (non-hydrogen) atoms. The molecule has 0 spiro atoms. The van der Waals surface area contributed by atoms with Gasteiger partial charge in [0.1, 0.15) is 6.10 Å². The minimum atomic E-state index is -0.298. The van der Waals surface area contributed by atoms with E-state index in [0.29, 0.717) is 6.54 Å². The van der Waals surface area contributed by atoms with E-state index in [4.69, 9.17) is 10.5 Å². The molecule has 0 aliphatic carbocycles. The van der Waals surface area contributed by atoms with E-state index in [0.717, 1.165) is 32.2 Å². The zero-order valence-electron chi connectivity index (χ0n) is 15.5. The van der Waals surface area contributed by atoms with Gasteiger partial charge in [0.2, 0.25) is 0 Å². The Hall–Kier alpha value is -1.10. The summed E-state index contributed by atoms with van der Waals surface area (Å²) in [6, 6.07) is 8.97. The van der Waals surface area contributed by atoms with Crippen molar-refractivity contribution < 1.29 is 9.53 Å². The Labute approximate surface area is 157 Å². The maximum absolute atomic E-state index is 12.9. The van der Waals surface area contributed by atoms with Crippen molar-refractivity contribution in [3.05, 3.63) is 35.4 Å². The third-order valence-corrected chi connectivity index (χ3v) is 5.34. The molecular formula is C20H31ClN2O2. The number of halogens is 1. The molecule has 1 aromatic carbocycles. The third-order valence-electron chi connectivity index (χ3n) is 5.34. The van der Waals surface area contributed by atoms with E-state index >= 15 is 0 Å². The summed E-state index contributed by atoms with van der Waals surface area (Å²) < 4.78 is 5.82. The van der Waals surface area contributed by atoms with Gasteiger partial charge >= 0.3 is 0 Å².